The fourth-order valence-corrected chi connectivity index (χ4v) is 5.34. The van der Waals surface area contributed by atoms with Crippen molar-refractivity contribution in [1.82, 2.24) is 0 Å². The van der Waals surface area contributed by atoms with Gasteiger partial charge in [-0.1, -0.05) is 0 Å². The van der Waals surface area contributed by atoms with Gasteiger partial charge in [-0.2, -0.15) is 0 Å². The van der Waals surface area contributed by atoms with Gasteiger partial charge in [0.25, 0.3) is 0 Å². The van der Waals surface area contributed by atoms with Gasteiger partial charge in [0.2, 0.25) is 0 Å². The van der Waals surface area contributed by atoms with E-state index in [-0.39, 0.29) is 11.9 Å². The molecule has 0 atom stereocenters. The van der Waals surface area contributed by atoms with Gasteiger partial charge in [-0.15, -0.1) is 0 Å². The second-order valence-corrected chi connectivity index (χ2v) is 10.4. The fraction of sp³-hybridized carbons (Fsp3) is 0.0714. The molecule has 0 amide bonds. The van der Waals surface area contributed by atoms with Crippen LogP contribution in [0.3, 0.4) is 0 Å². The summed E-state index contributed by atoms with van der Waals surface area (Å²) < 4.78 is 13.4. The molecule has 4 rings (SSSR count). The molecule has 33 heavy (non-hydrogen) atoms. The molecule has 0 saturated carbocycles. The van der Waals surface area contributed by atoms with Gasteiger partial charge in [-0.25, -0.2) is 0 Å². The Morgan fingerprint density at radius 2 is 0.909 bits per heavy atom. The van der Waals surface area contributed by atoms with Gasteiger partial charge in [0.1, 0.15) is 0 Å². The number of hydrogen-bond donors (Lipinski definition) is 0. The first kappa shape index (κ1) is 22.7. The quantitative estimate of drug-likeness (QED) is 0.211. The molecule has 0 fully saturated rings. The van der Waals surface area contributed by atoms with E-state index >= 15 is 0 Å². The monoisotopic (exact) mass is 549 g/mol. The number of carbonyl (C=O) groups excluding carboxylic acids is 2. The molecule has 0 bridgehead atoms. The SMILES string of the molecule is Cc1ccccc1C(=O)Oc1ccc([I-]c2ccc(OC(=O)c3ccccc3C)cc2)cc1. The molecule has 0 aliphatic rings. The molecular formula is C28H22IO4-. The summed E-state index contributed by atoms with van der Waals surface area (Å²) >= 11 is -0.420. The van der Waals surface area contributed by atoms with Crippen molar-refractivity contribution in [3.63, 3.8) is 0 Å². The average Bonchev–Trinajstić information content (AvgIpc) is 2.82. The summed E-state index contributed by atoms with van der Waals surface area (Å²) in [4.78, 5) is 24.8. The van der Waals surface area contributed by atoms with E-state index in [1.54, 1.807) is 12.1 Å². The van der Waals surface area contributed by atoms with Crippen LogP contribution >= 0.6 is 0 Å². The van der Waals surface area contributed by atoms with Gasteiger partial charge in [0, 0.05) is 0 Å². The van der Waals surface area contributed by atoms with Crippen LogP contribution in [-0.2, 0) is 0 Å². The molecule has 4 nitrogen and oxygen atoms in total. The Morgan fingerprint density at radius 1 is 0.545 bits per heavy atom. The Kier molecular flexibility index (Phi) is 7.19. The fourth-order valence-electron chi connectivity index (χ4n) is 3.19. The third-order valence-electron chi connectivity index (χ3n) is 5.00. The predicted octanol–water partition coefficient (Wildman–Crippen LogP) is 2.87. The molecule has 4 aromatic carbocycles. The standard InChI is InChI=1S/C28H22IO4/c1-19-7-3-5-9-25(19)27(30)32-23-15-11-21(12-16-23)29-22-13-17-24(18-14-22)33-28(31)26-10-6-4-8-20(26)2/h3-18H,1-2H3/q-1. The Morgan fingerprint density at radius 3 is 1.27 bits per heavy atom. The molecule has 166 valence electrons. The molecule has 0 radical (unpaired) electrons. The first-order valence-electron chi connectivity index (χ1n) is 10.4. The maximum atomic E-state index is 12.4. The molecule has 4 aromatic rings. The predicted molar refractivity (Wildman–Crippen MR) is 123 cm³/mol. The van der Waals surface area contributed by atoms with Crippen molar-refractivity contribution in [2.45, 2.75) is 13.8 Å². The summed E-state index contributed by atoms with van der Waals surface area (Å²) in [6.07, 6.45) is 0. The molecule has 0 spiro atoms. The van der Waals surface area contributed by atoms with Crippen LogP contribution in [0.2, 0.25) is 0 Å². The minimum atomic E-state index is -0.420. The van der Waals surface area contributed by atoms with Gasteiger partial charge >= 0.3 is 204 Å². The van der Waals surface area contributed by atoms with Crippen molar-refractivity contribution >= 4 is 11.9 Å². The van der Waals surface area contributed by atoms with E-state index in [0.717, 1.165) is 11.1 Å². The number of benzene rings is 4. The number of rotatable bonds is 6. The zero-order chi connectivity index (χ0) is 23.2. The molecule has 0 heterocycles. The zero-order valence-electron chi connectivity index (χ0n) is 18.2. The van der Waals surface area contributed by atoms with Gasteiger partial charge in [0.05, 0.1) is 0 Å². The van der Waals surface area contributed by atoms with Crippen molar-refractivity contribution in [2.24, 2.45) is 0 Å². The minimum absolute atomic E-state index is 0.355. The summed E-state index contributed by atoms with van der Waals surface area (Å²) in [6.45, 7) is 3.78. The summed E-state index contributed by atoms with van der Waals surface area (Å²) in [7, 11) is 0. The van der Waals surface area contributed by atoms with Crippen LogP contribution in [0, 0.1) is 21.0 Å². The summed E-state index contributed by atoms with van der Waals surface area (Å²) in [5, 5.41) is 0. The number of ether oxygens (including phenoxy) is 2. The van der Waals surface area contributed by atoms with Crippen LogP contribution in [0.15, 0.2) is 97.1 Å². The third kappa shape index (κ3) is 5.87. The molecule has 0 aliphatic carbocycles. The third-order valence-corrected chi connectivity index (χ3v) is 7.68. The van der Waals surface area contributed by atoms with E-state index in [9.17, 15) is 9.59 Å². The Balaban J connectivity index is 1.35. The molecule has 0 unspecified atom stereocenters. The average molecular weight is 549 g/mol. The van der Waals surface area contributed by atoms with Crippen molar-refractivity contribution in [3.8, 4) is 11.5 Å². The van der Waals surface area contributed by atoms with E-state index < -0.39 is 21.2 Å². The van der Waals surface area contributed by atoms with E-state index in [4.69, 9.17) is 9.47 Å². The molecule has 0 aliphatic heterocycles. The van der Waals surface area contributed by atoms with Crippen molar-refractivity contribution < 1.29 is 40.3 Å². The van der Waals surface area contributed by atoms with Gasteiger partial charge < -0.3 is 0 Å². The number of halogens is 1. The molecule has 0 aromatic heterocycles. The number of esters is 2. The molecule has 0 saturated heterocycles. The Labute approximate surface area is 203 Å². The van der Waals surface area contributed by atoms with Crippen LogP contribution < -0.4 is 30.7 Å². The normalized spacial score (nSPS) is 10.6. The van der Waals surface area contributed by atoms with Crippen LogP contribution in [-0.4, -0.2) is 11.9 Å². The van der Waals surface area contributed by atoms with E-state index in [1.807, 2.05) is 98.8 Å². The van der Waals surface area contributed by atoms with Crippen molar-refractivity contribution in [1.29, 1.82) is 0 Å². The summed E-state index contributed by atoms with van der Waals surface area (Å²) in [6, 6.07) is 30.0. The first-order chi connectivity index (χ1) is 16.0. The van der Waals surface area contributed by atoms with Gasteiger partial charge in [-0.3, -0.25) is 0 Å². The Bertz CT molecular complexity index is 1180. The second-order valence-electron chi connectivity index (χ2n) is 7.41. The van der Waals surface area contributed by atoms with E-state index in [0.29, 0.717) is 22.6 Å². The zero-order valence-corrected chi connectivity index (χ0v) is 20.4. The topological polar surface area (TPSA) is 52.6 Å². The molecule has 0 N–H and O–H groups in total. The van der Waals surface area contributed by atoms with Gasteiger partial charge in [0.15, 0.2) is 0 Å². The molecule has 5 heteroatoms. The van der Waals surface area contributed by atoms with Crippen LogP contribution in [0.4, 0.5) is 0 Å². The van der Waals surface area contributed by atoms with E-state index in [1.165, 1.54) is 7.14 Å². The van der Waals surface area contributed by atoms with Crippen LogP contribution in [0.25, 0.3) is 0 Å². The number of aryl methyl sites for hydroxylation is 2. The van der Waals surface area contributed by atoms with Crippen molar-refractivity contribution in [2.75, 3.05) is 0 Å². The second kappa shape index (κ2) is 10.4. The number of carbonyl (C=O) groups is 2. The van der Waals surface area contributed by atoms with Crippen LogP contribution in [0.1, 0.15) is 31.8 Å². The summed E-state index contributed by atoms with van der Waals surface area (Å²) in [5.74, 6) is 0.335. The van der Waals surface area contributed by atoms with Crippen LogP contribution in [0.5, 0.6) is 11.5 Å². The van der Waals surface area contributed by atoms with Gasteiger partial charge in [-0.05, 0) is 0 Å². The summed E-state index contributed by atoms with van der Waals surface area (Å²) in [5.41, 5.74) is 2.91. The van der Waals surface area contributed by atoms with E-state index in [2.05, 4.69) is 0 Å². The molecular weight excluding hydrogens is 527 g/mol. The number of hydrogen-bond acceptors (Lipinski definition) is 4. The maximum absolute atomic E-state index is 12.4. The Hall–Kier alpha value is -3.45. The van der Waals surface area contributed by atoms with Crippen molar-refractivity contribution in [3.05, 3.63) is 126 Å². The first-order valence-corrected chi connectivity index (χ1v) is 12.6.